The van der Waals surface area contributed by atoms with Gasteiger partial charge >= 0.3 is 6.41 Å². The van der Waals surface area contributed by atoms with E-state index in [0.717, 1.165) is 13.1 Å². The lowest BCUT2D eigenvalue weighted by molar-refractivity contribution is 0.110. The highest BCUT2D eigenvalue weighted by Gasteiger charge is 2.26. The summed E-state index contributed by atoms with van der Waals surface area (Å²) in [6, 6.07) is 0.410. The normalized spacial score (nSPS) is 21.1. The summed E-state index contributed by atoms with van der Waals surface area (Å²) in [7, 11) is 3.81. The van der Waals surface area contributed by atoms with E-state index in [0.29, 0.717) is 6.04 Å². The Labute approximate surface area is 55.2 Å². The minimum Gasteiger partial charge on any atom is -0.332 e. The van der Waals surface area contributed by atoms with E-state index in [-0.39, 0.29) is 0 Å². The molecule has 0 aromatic heterocycles. The van der Waals surface area contributed by atoms with Crippen LogP contribution in [0.1, 0.15) is 0 Å². The number of nitrogens with zero attached hydrogens (tertiary/aromatic N) is 2. The molecule has 1 fully saturated rings. The molecule has 0 saturated carbocycles. The van der Waals surface area contributed by atoms with Crippen LogP contribution in [-0.2, 0) is 4.79 Å². The monoisotopic (exact) mass is 127 g/mol. The first kappa shape index (κ1) is 6.55. The van der Waals surface area contributed by atoms with Crippen LogP contribution in [-0.4, -0.2) is 49.4 Å². The van der Waals surface area contributed by atoms with Crippen LogP contribution in [0, 0.1) is 0 Å². The van der Waals surface area contributed by atoms with Crippen molar-refractivity contribution in [2.24, 2.45) is 0 Å². The molecule has 9 heavy (non-hydrogen) atoms. The van der Waals surface area contributed by atoms with Gasteiger partial charge in [-0.05, 0) is 7.05 Å². The van der Waals surface area contributed by atoms with Gasteiger partial charge in [-0.1, -0.05) is 0 Å². The molecule has 1 aliphatic heterocycles. The molecule has 0 spiro atoms. The number of amides is 1. The molecular weight excluding hydrogens is 116 g/mol. The van der Waals surface area contributed by atoms with Gasteiger partial charge in [0.25, 0.3) is 0 Å². The Morgan fingerprint density at radius 2 is 2.22 bits per heavy atom. The smallest absolute Gasteiger partial charge is 0.312 e. The summed E-state index contributed by atoms with van der Waals surface area (Å²) >= 11 is 0. The first-order chi connectivity index (χ1) is 4.24. The molecule has 1 aliphatic rings. The molecule has 0 aromatic carbocycles. The zero-order chi connectivity index (χ0) is 6.85. The molecule has 3 nitrogen and oxygen atoms in total. The molecule has 0 atom stereocenters. The lowest BCUT2D eigenvalue weighted by Gasteiger charge is -2.39. The zero-order valence-corrected chi connectivity index (χ0v) is 5.79. The first-order valence-electron chi connectivity index (χ1n) is 3.03. The average molecular weight is 127 g/mol. The largest absolute Gasteiger partial charge is 0.332 e. The molecule has 0 N–H and O–H groups in total. The molecule has 0 unspecified atom stereocenters. The summed E-state index contributed by atoms with van der Waals surface area (Å²) < 4.78 is 0. The fourth-order valence-corrected chi connectivity index (χ4v) is 0.986. The van der Waals surface area contributed by atoms with Crippen molar-refractivity contribution < 1.29 is 4.79 Å². The van der Waals surface area contributed by atoms with E-state index < -0.39 is 0 Å². The van der Waals surface area contributed by atoms with E-state index in [1.807, 2.05) is 13.5 Å². The number of hydrogen-bond donors (Lipinski definition) is 0. The molecular formula is C6H11N2O. The van der Waals surface area contributed by atoms with Crippen LogP contribution < -0.4 is 0 Å². The second kappa shape index (κ2) is 2.35. The molecule has 0 bridgehead atoms. The SMILES string of the molecule is CN1CC(N(C)[C]=O)C1. The van der Waals surface area contributed by atoms with E-state index >= 15 is 0 Å². The highest BCUT2D eigenvalue weighted by Crippen LogP contribution is 2.08. The fraction of sp³-hybridized carbons (Fsp3) is 0.833. The van der Waals surface area contributed by atoms with Crippen molar-refractivity contribution in [2.45, 2.75) is 6.04 Å². The first-order valence-corrected chi connectivity index (χ1v) is 3.03. The Bertz CT molecular complexity index is 110. The van der Waals surface area contributed by atoms with Crippen molar-refractivity contribution in [1.29, 1.82) is 0 Å². The number of carbonyl (C=O) groups excluding carboxylic acids is 1. The summed E-state index contributed by atoms with van der Waals surface area (Å²) in [5.74, 6) is 0. The topological polar surface area (TPSA) is 23.6 Å². The highest BCUT2D eigenvalue weighted by atomic mass is 16.1. The quantitative estimate of drug-likeness (QED) is 0.458. The third-order valence-corrected chi connectivity index (χ3v) is 1.74. The van der Waals surface area contributed by atoms with Gasteiger partial charge in [-0.25, -0.2) is 0 Å². The Kier molecular flexibility index (Phi) is 1.71. The Balaban J connectivity index is 2.23. The van der Waals surface area contributed by atoms with Gasteiger partial charge in [0, 0.05) is 20.1 Å². The van der Waals surface area contributed by atoms with Crippen LogP contribution in [0.4, 0.5) is 0 Å². The predicted octanol–water partition coefficient (Wildman–Crippen LogP) is -0.701. The number of rotatable bonds is 2. The molecule has 1 amide bonds. The zero-order valence-electron chi connectivity index (χ0n) is 5.79. The number of hydrogen-bond acceptors (Lipinski definition) is 2. The Hall–Kier alpha value is -0.570. The van der Waals surface area contributed by atoms with Crippen LogP contribution in [0.2, 0.25) is 0 Å². The summed E-state index contributed by atoms with van der Waals surface area (Å²) in [4.78, 5) is 13.8. The van der Waals surface area contributed by atoms with Gasteiger partial charge < -0.3 is 9.80 Å². The van der Waals surface area contributed by atoms with E-state index in [1.165, 1.54) is 0 Å². The molecule has 1 rings (SSSR count). The van der Waals surface area contributed by atoms with Crippen molar-refractivity contribution >= 4 is 6.41 Å². The predicted molar refractivity (Wildman–Crippen MR) is 34.7 cm³/mol. The van der Waals surface area contributed by atoms with E-state index in [9.17, 15) is 4.79 Å². The van der Waals surface area contributed by atoms with Gasteiger partial charge in [-0.15, -0.1) is 0 Å². The maximum Gasteiger partial charge on any atom is 0.312 e. The molecule has 3 heteroatoms. The van der Waals surface area contributed by atoms with Crippen LogP contribution >= 0.6 is 0 Å². The number of likely N-dealkylation sites (N-methyl/N-ethyl adjacent to an activating group) is 2. The standard InChI is InChI=1S/C6H11N2O/c1-7-3-6(4-7)8(2)5-9/h6H,3-4H2,1-2H3. The molecule has 1 saturated heterocycles. The van der Waals surface area contributed by atoms with Gasteiger partial charge in [0.05, 0.1) is 6.04 Å². The molecule has 1 heterocycles. The Morgan fingerprint density at radius 3 is 2.56 bits per heavy atom. The lowest BCUT2D eigenvalue weighted by Crippen LogP contribution is -2.56. The molecule has 0 aliphatic carbocycles. The summed E-state index contributed by atoms with van der Waals surface area (Å²) in [6.07, 6.45) is 1.84. The van der Waals surface area contributed by atoms with Crippen molar-refractivity contribution in [3.05, 3.63) is 0 Å². The third-order valence-electron chi connectivity index (χ3n) is 1.74. The molecule has 51 valence electrons. The second-order valence-electron chi connectivity index (χ2n) is 2.58. The van der Waals surface area contributed by atoms with Crippen molar-refractivity contribution in [2.75, 3.05) is 27.2 Å². The molecule has 0 aromatic rings. The number of likely N-dealkylation sites (tertiary alicyclic amines) is 1. The minimum atomic E-state index is 0.410. The highest BCUT2D eigenvalue weighted by molar-refractivity contribution is 5.48. The minimum absolute atomic E-state index is 0.410. The fourth-order valence-electron chi connectivity index (χ4n) is 0.986. The third kappa shape index (κ3) is 1.21. The van der Waals surface area contributed by atoms with Crippen molar-refractivity contribution in [1.82, 2.24) is 9.80 Å². The van der Waals surface area contributed by atoms with E-state index in [1.54, 1.807) is 11.9 Å². The molecule has 1 radical (unpaired) electrons. The van der Waals surface area contributed by atoms with Gasteiger partial charge in [-0.3, -0.25) is 4.79 Å². The average Bonchev–Trinajstić information content (AvgIpc) is 1.79. The maximum atomic E-state index is 10.0. The van der Waals surface area contributed by atoms with Crippen LogP contribution in [0.25, 0.3) is 0 Å². The van der Waals surface area contributed by atoms with Crippen LogP contribution in [0.15, 0.2) is 0 Å². The summed E-state index contributed by atoms with van der Waals surface area (Å²) in [5.41, 5.74) is 0. The summed E-state index contributed by atoms with van der Waals surface area (Å²) in [5, 5.41) is 0. The summed E-state index contributed by atoms with van der Waals surface area (Å²) in [6.45, 7) is 1.98. The second-order valence-corrected chi connectivity index (χ2v) is 2.58. The van der Waals surface area contributed by atoms with Crippen molar-refractivity contribution in [3.8, 4) is 0 Å². The Morgan fingerprint density at radius 1 is 1.67 bits per heavy atom. The van der Waals surface area contributed by atoms with Gasteiger partial charge in [-0.2, -0.15) is 0 Å². The maximum absolute atomic E-state index is 10.0. The van der Waals surface area contributed by atoms with Gasteiger partial charge in [0.1, 0.15) is 0 Å². The van der Waals surface area contributed by atoms with E-state index in [4.69, 9.17) is 0 Å². The van der Waals surface area contributed by atoms with Gasteiger partial charge in [0.2, 0.25) is 0 Å². The van der Waals surface area contributed by atoms with Crippen molar-refractivity contribution in [3.63, 3.8) is 0 Å². The van der Waals surface area contributed by atoms with Crippen LogP contribution in [0.5, 0.6) is 0 Å². The van der Waals surface area contributed by atoms with E-state index in [2.05, 4.69) is 4.90 Å². The van der Waals surface area contributed by atoms with Crippen LogP contribution in [0.3, 0.4) is 0 Å². The lowest BCUT2D eigenvalue weighted by atomic mass is 10.1. The van der Waals surface area contributed by atoms with Gasteiger partial charge in [0.15, 0.2) is 0 Å².